The number of rotatable bonds is 4. The van der Waals surface area contributed by atoms with E-state index in [9.17, 15) is 0 Å². The maximum absolute atomic E-state index is 5.07. The molecule has 0 bridgehead atoms. The quantitative estimate of drug-likeness (QED) is 0.907. The lowest BCUT2D eigenvalue weighted by molar-refractivity contribution is 0.394. The standard InChI is InChI=1S/C9H11BrN6O/c1-16-5-13-7(15-16)4-12-9-11-3-6(10)8(14-9)17-2/h3,5H,4H2,1-2H3,(H,11,12,14). The Kier molecular flexibility index (Phi) is 3.52. The SMILES string of the molecule is COc1nc(NCc2ncn(C)n2)ncc1Br. The molecule has 0 fully saturated rings. The molecule has 0 amide bonds. The Morgan fingerprint density at radius 1 is 1.47 bits per heavy atom. The number of halogens is 1. The monoisotopic (exact) mass is 298 g/mol. The largest absolute Gasteiger partial charge is 0.480 e. The molecule has 0 unspecified atom stereocenters. The van der Waals surface area contributed by atoms with Crippen LogP contribution in [0.15, 0.2) is 17.0 Å². The van der Waals surface area contributed by atoms with Gasteiger partial charge in [0.1, 0.15) is 6.33 Å². The van der Waals surface area contributed by atoms with Gasteiger partial charge >= 0.3 is 0 Å². The van der Waals surface area contributed by atoms with Crippen LogP contribution in [0.5, 0.6) is 5.88 Å². The van der Waals surface area contributed by atoms with E-state index in [1.807, 2.05) is 7.05 Å². The molecule has 0 spiro atoms. The smallest absolute Gasteiger partial charge is 0.232 e. The first-order valence-corrected chi connectivity index (χ1v) is 5.63. The average Bonchev–Trinajstić information content (AvgIpc) is 2.74. The number of aromatic nitrogens is 5. The molecule has 1 N–H and O–H groups in total. The van der Waals surface area contributed by atoms with Crippen molar-refractivity contribution in [2.45, 2.75) is 6.54 Å². The van der Waals surface area contributed by atoms with Gasteiger partial charge in [-0.2, -0.15) is 10.1 Å². The first-order chi connectivity index (χ1) is 8.19. The molecule has 0 aliphatic rings. The first-order valence-electron chi connectivity index (χ1n) is 4.84. The second-order valence-electron chi connectivity index (χ2n) is 3.24. The summed E-state index contributed by atoms with van der Waals surface area (Å²) in [4.78, 5) is 12.3. The maximum atomic E-state index is 5.07. The van der Waals surface area contributed by atoms with E-state index in [0.717, 1.165) is 0 Å². The molecule has 2 aromatic rings. The van der Waals surface area contributed by atoms with Gasteiger partial charge in [0, 0.05) is 7.05 Å². The summed E-state index contributed by atoms with van der Waals surface area (Å²) in [5.41, 5.74) is 0. The summed E-state index contributed by atoms with van der Waals surface area (Å²) in [7, 11) is 3.37. The lowest BCUT2D eigenvalue weighted by Crippen LogP contribution is -2.06. The van der Waals surface area contributed by atoms with Gasteiger partial charge in [0.25, 0.3) is 0 Å². The number of aryl methyl sites for hydroxylation is 1. The molecule has 17 heavy (non-hydrogen) atoms. The Morgan fingerprint density at radius 2 is 2.29 bits per heavy atom. The highest BCUT2D eigenvalue weighted by atomic mass is 79.9. The van der Waals surface area contributed by atoms with Crippen LogP contribution in [-0.4, -0.2) is 31.8 Å². The minimum Gasteiger partial charge on any atom is -0.480 e. The van der Waals surface area contributed by atoms with Crippen molar-refractivity contribution in [2.24, 2.45) is 7.05 Å². The molecule has 0 aromatic carbocycles. The zero-order valence-electron chi connectivity index (χ0n) is 9.38. The number of hydrogen-bond donors (Lipinski definition) is 1. The highest BCUT2D eigenvalue weighted by Gasteiger charge is 2.05. The van der Waals surface area contributed by atoms with Gasteiger partial charge in [-0.25, -0.2) is 9.97 Å². The lowest BCUT2D eigenvalue weighted by Gasteiger charge is -2.05. The summed E-state index contributed by atoms with van der Waals surface area (Å²) in [5.74, 6) is 1.63. The molecule has 2 heterocycles. The zero-order valence-corrected chi connectivity index (χ0v) is 11.0. The van der Waals surface area contributed by atoms with E-state index in [2.05, 4.69) is 41.3 Å². The Labute approximate surface area is 106 Å². The highest BCUT2D eigenvalue weighted by molar-refractivity contribution is 9.10. The van der Waals surface area contributed by atoms with E-state index in [1.54, 1.807) is 24.3 Å². The molecule has 7 nitrogen and oxygen atoms in total. The predicted molar refractivity (Wildman–Crippen MR) is 64.6 cm³/mol. The molecule has 90 valence electrons. The van der Waals surface area contributed by atoms with E-state index >= 15 is 0 Å². The van der Waals surface area contributed by atoms with Crippen LogP contribution in [-0.2, 0) is 13.6 Å². The first kappa shape index (κ1) is 11.8. The van der Waals surface area contributed by atoms with Crippen molar-refractivity contribution in [2.75, 3.05) is 12.4 Å². The number of anilines is 1. The van der Waals surface area contributed by atoms with E-state index in [4.69, 9.17) is 4.74 Å². The van der Waals surface area contributed by atoms with E-state index in [0.29, 0.717) is 28.7 Å². The molecular formula is C9H11BrN6O. The minimum atomic E-state index is 0.464. The van der Waals surface area contributed by atoms with Crippen LogP contribution in [0.2, 0.25) is 0 Å². The fraction of sp³-hybridized carbons (Fsp3) is 0.333. The van der Waals surface area contributed by atoms with Crippen LogP contribution >= 0.6 is 15.9 Å². The highest BCUT2D eigenvalue weighted by Crippen LogP contribution is 2.21. The van der Waals surface area contributed by atoms with Gasteiger partial charge in [-0.3, -0.25) is 4.68 Å². The molecule has 2 rings (SSSR count). The Bertz CT molecular complexity index is 514. The average molecular weight is 299 g/mol. The van der Waals surface area contributed by atoms with Crippen LogP contribution < -0.4 is 10.1 Å². The number of nitrogens with zero attached hydrogens (tertiary/aromatic N) is 5. The molecule has 0 saturated carbocycles. The number of methoxy groups -OCH3 is 1. The van der Waals surface area contributed by atoms with Crippen molar-refractivity contribution in [3.05, 3.63) is 22.8 Å². The molecule has 0 radical (unpaired) electrons. The zero-order chi connectivity index (χ0) is 12.3. The number of ether oxygens (including phenoxy) is 1. The molecule has 0 aliphatic carbocycles. The van der Waals surface area contributed by atoms with Crippen molar-refractivity contribution in [1.82, 2.24) is 24.7 Å². The molecule has 8 heteroatoms. The lowest BCUT2D eigenvalue weighted by atomic mass is 10.6. The van der Waals surface area contributed by atoms with Crippen molar-refractivity contribution < 1.29 is 4.74 Å². The fourth-order valence-electron chi connectivity index (χ4n) is 1.20. The van der Waals surface area contributed by atoms with Crippen molar-refractivity contribution in [3.63, 3.8) is 0 Å². The van der Waals surface area contributed by atoms with Crippen LogP contribution in [0.4, 0.5) is 5.95 Å². The molecule has 2 aromatic heterocycles. The van der Waals surface area contributed by atoms with Gasteiger partial charge in [-0.05, 0) is 15.9 Å². The van der Waals surface area contributed by atoms with Gasteiger partial charge < -0.3 is 10.1 Å². The topological polar surface area (TPSA) is 77.8 Å². The second-order valence-corrected chi connectivity index (χ2v) is 4.09. The summed E-state index contributed by atoms with van der Waals surface area (Å²) >= 11 is 3.28. The predicted octanol–water partition coefficient (Wildman–Crippen LogP) is 0.988. The third-order valence-corrected chi connectivity index (χ3v) is 2.50. The van der Waals surface area contributed by atoms with E-state index in [-0.39, 0.29) is 0 Å². The van der Waals surface area contributed by atoms with E-state index < -0.39 is 0 Å². The normalized spacial score (nSPS) is 10.3. The molecule has 0 atom stereocenters. The maximum Gasteiger partial charge on any atom is 0.232 e. The summed E-state index contributed by atoms with van der Waals surface area (Å²) < 4.78 is 7.42. The molecule has 0 aliphatic heterocycles. The third-order valence-electron chi connectivity index (χ3n) is 1.96. The van der Waals surface area contributed by atoms with Crippen molar-refractivity contribution >= 4 is 21.9 Å². The van der Waals surface area contributed by atoms with Crippen LogP contribution in [0, 0.1) is 0 Å². The van der Waals surface area contributed by atoms with Gasteiger partial charge in [0.2, 0.25) is 11.8 Å². The van der Waals surface area contributed by atoms with Crippen molar-refractivity contribution in [3.8, 4) is 5.88 Å². The number of hydrogen-bond acceptors (Lipinski definition) is 6. The van der Waals surface area contributed by atoms with Gasteiger partial charge in [-0.1, -0.05) is 0 Å². The fourth-order valence-corrected chi connectivity index (χ4v) is 1.56. The molecule has 0 saturated heterocycles. The van der Waals surface area contributed by atoms with Gasteiger partial charge in [0.05, 0.1) is 24.3 Å². The Hall–Kier alpha value is -1.70. The van der Waals surface area contributed by atoms with Gasteiger partial charge in [0.15, 0.2) is 5.82 Å². The van der Waals surface area contributed by atoms with Gasteiger partial charge in [-0.15, -0.1) is 0 Å². The second kappa shape index (κ2) is 5.09. The third kappa shape index (κ3) is 2.90. The Balaban J connectivity index is 2.04. The van der Waals surface area contributed by atoms with E-state index in [1.165, 1.54) is 0 Å². The van der Waals surface area contributed by atoms with Crippen LogP contribution in [0.1, 0.15) is 5.82 Å². The summed E-state index contributed by atoms with van der Waals surface area (Å²) in [6.07, 6.45) is 3.26. The van der Waals surface area contributed by atoms with Crippen LogP contribution in [0.25, 0.3) is 0 Å². The summed E-state index contributed by atoms with van der Waals surface area (Å²) in [6, 6.07) is 0. The Morgan fingerprint density at radius 3 is 2.94 bits per heavy atom. The summed E-state index contributed by atoms with van der Waals surface area (Å²) in [6.45, 7) is 0.464. The minimum absolute atomic E-state index is 0.464. The van der Waals surface area contributed by atoms with Crippen LogP contribution in [0.3, 0.4) is 0 Å². The van der Waals surface area contributed by atoms with Crippen molar-refractivity contribution in [1.29, 1.82) is 0 Å². The number of nitrogens with one attached hydrogen (secondary N) is 1. The molecular weight excluding hydrogens is 288 g/mol. The summed E-state index contributed by atoms with van der Waals surface area (Å²) in [5, 5.41) is 7.15.